The minimum atomic E-state index is -0.189. The maximum atomic E-state index is 13.3. The zero-order valence-corrected chi connectivity index (χ0v) is 17.9. The Morgan fingerprint density at radius 2 is 1.63 bits per heavy atom. The van der Waals surface area contributed by atoms with Crippen LogP contribution in [0.25, 0.3) is 0 Å². The standard InChI is InChI=1S/C20H24FN3O2.HI/c1-14-10-15(4-6-17(14)21)12-23-20(22-2)24-13-16-5-7-18-19(11-16)26-9-3-8-25-18;/h4-7,10-11H,3,8-9,12-13H2,1-2H3,(H2,22,23,24);1H. The summed E-state index contributed by atoms with van der Waals surface area (Å²) in [5, 5.41) is 6.51. The Kier molecular flexibility index (Phi) is 8.15. The Bertz CT molecular complexity index is 799. The zero-order chi connectivity index (χ0) is 18.4. The maximum absolute atomic E-state index is 13.3. The van der Waals surface area contributed by atoms with Crippen LogP contribution >= 0.6 is 24.0 Å². The summed E-state index contributed by atoms with van der Waals surface area (Å²) in [5.74, 6) is 2.07. The number of aliphatic imine (C=N–C) groups is 1. The van der Waals surface area contributed by atoms with Crippen LogP contribution in [0, 0.1) is 12.7 Å². The first-order chi connectivity index (χ1) is 12.7. The quantitative estimate of drug-likeness (QED) is 0.394. The van der Waals surface area contributed by atoms with Crippen LogP contribution in [0.1, 0.15) is 23.1 Å². The number of aryl methyl sites for hydroxylation is 1. The van der Waals surface area contributed by atoms with Gasteiger partial charge in [-0.2, -0.15) is 0 Å². The highest BCUT2D eigenvalue weighted by atomic mass is 127. The van der Waals surface area contributed by atoms with Gasteiger partial charge in [-0.3, -0.25) is 4.99 Å². The molecule has 0 unspecified atom stereocenters. The molecule has 0 atom stereocenters. The lowest BCUT2D eigenvalue weighted by atomic mass is 10.1. The van der Waals surface area contributed by atoms with E-state index in [0.717, 1.165) is 29.0 Å². The summed E-state index contributed by atoms with van der Waals surface area (Å²) < 4.78 is 24.7. The average Bonchev–Trinajstić information content (AvgIpc) is 2.89. The number of nitrogens with zero attached hydrogens (tertiary/aromatic N) is 1. The van der Waals surface area contributed by atoms with Crippen molar-refractivity contribution in [2.45, 2.75) is 26.4 Å². The number of hydrogen-bond donors (Lipinski definition) is 2. The molecule has 146 valence electrons. The predicted octanol–water partition coefficient (Wildman–Crippen LogP) is 3.78. The smallest absolute Gasteiger partial charge is 0.191 e. The van der Waals surface area contributed by atoms with Crippen molar-refractivity contribution in [1.29, 1.82) is 0 Å². The van der Waals surface area contributed by atoms with E-state index in [9.17, 15) is 4.39 Å². The van der Waals surface area contributed by atoms with Gasteiger partial charge in [-0.25, -0.2) is 4.39 Å². The first-order valence-electron chi connectivity index (χ1n) is 8.74. The van der Waals surface area contributed by atoms with E-state index >= 15 is 0 Å². The van der Waals surface area contributed by atoms with Crippen LogP contribution in [-0.2, 0) is 13.1 Å². The molecular weight excluding hydrogens is 460 g/mol. The topological polar surface area (TPSA) is 54.9 Å². The minimum absolute atomic E-state index is 0. The molecule has 0 aromatic heterocycles. The third-order valence-corrected chi connectivity index (χ3v) is 4.18. The van der Waals surface area contributed by atoms with E-state index in [4.69, 9.17) is 9.47 Å². The molecule has 3 rings (SSSR count). The Labute approximate surface area is 176 Å². The van der Waals surface area contributed by atoms with Crippen molar-refractivity contribution in [3.05, 3.63) is 58.9 Å². The molecule has 0 bridgehead atoms. The molecule has 1 heterocycles. The molecule has 0 saturated carbocycles. The van der Waals surface area contributed by atoms with Gasteiger partial charge in [0.15, 0.2) is 17.5 Å². The van der Waals surface area contributed by atoms with Gasteiger partial charge >= 0.3 is 0 Å². The van der Waals surface area contributed by atoms with Gasteiger partial charge < -0.3 is 20.1 Å². The molecule has 0 fully saturated rings. The normalized spacial score (nSPS) is 13.4. The first-order valence-corrected chi connectivity index (χ1v) is 8.74. The highest BCUT2D eigenvalue weighted by Crippen LogP contribution is 2.30. The molecule has 27 heavy (non-hydrogen) atoms. The molecule has 0 radical (unpaired) electrons. The average molecular weight is 485 g/mol. The molecule has 7 heteroatoms. The number of nitrogens with one attached hydrogen (secondary N) is 2. The molecule has 2 aromatic carbocycles. The zero-order valence-electron chi connectivity index (χ0n) is 15.5. The van der Waals surface area contributed by atoms with Crippen molar-refractivity contribution >= 4 is 29.9 Å². The number of guanidine groups is 1. The van der Waals surface area contributed by atoms with E-state index in [-0.39, 0.29) is 29.8 Å². The number of hydrogen-bond acceptors (Lipinski definition) is 3. The number of benzene rings is 2. The van der Waals surface area contributed by atoms with Gasteiger partial charge in [0.05, 0.1) is 13.2 Å². The Hall–Kier alpha value is -2.03. The van der Waals surface area contributed by atoms with E-state index in [1.807, 2.05) is 24.3 Å². The molecule has 0 amide bonds. The third-order valence-electron chi connectivity index (χ3n) is 4.18. The summed E-state index contributed by atoms with van der Waals surface area (Å²) >= 11 is 0. The van der Waals surface area contributed by atoms with E-state index in [1.54, 1.807) is 20.0 Å². The van der Waals surface area contributed by atoms with Gasteiger partial charge in [0.25, 0.3) is 0 Å². The Morgan fingerprint density at radius 3 is 2.30 bits per heavy atom. The van der Waals surface area contributed by atoms with Gasteiger partial charge in [-0.1, -0.05) is 18.2 Å². The predicted molar refractivity (Wildman–Crippen MR) is 116 cm³/mol. The molecule has 1 aliphatic heterocycles. The fourth-order valence-electron chi connectivity index (χ4n) is 2.73. The van der Waals surface area contributed by atoms with Crippen LogP contribution in [0.2, 0.25) is 0 Å². The van der Waals surface area contributed by atoms with Crippen LogP contribution in [0.15, 0.2) is 41.4 Å². The summed E-state index contributed by atoms with van der Waals surface area (Å²) in [4.78, 5) is 4.23. The Balaban J connectivity index is 0.00000261. The molecule has 1 aliphatic rings. The van der Waals surface area contributed by atoms with Crippen molar-refractivity contribution < 1.29 is 13.9 Å². The van der Waals surface area contributed by atoms with E-state index in [0.29, 0.717) is 37.8 Å². The third kappa shape index (κ3) is 5.98. The lowest BCUT2D eigenvalue weighted by Crippen LogP contribution is -2.36. The number of rotatable bonds is 4. The van der Waals surface area contributed by atoms with Crippen LogP contribution in [-0.4, -0.2) is 26.2 Å². The summed E-state index contributed by atoms with van der Waals surface area (Å²) in [7, 11) is 1.72. The van der Waals surface area contributed by atoms with Crippen LogP contribution in [0.4, 0.5) is 4.39 Å². The summed E-state index contributed by atoms with van der Waals surface area (Å²) in [5.41, 5.74) is 2.72. The van der Waals surface area contributed by atoms with Crippen molar-refractivity contribution in [1.82, 2.24) is 10.6 Å². The maximum Gasteiger partial charge on any atom is 0.191 e. The van der Waals surface area contributed by atoms with Crippen molar-refractivity contribution in [2.75, 3.05) is 20.3 Å². The second-order valence-corrected chi connectivity index (χ2v) is 6.19. The highest BCUT2D eigenvalue weighted by Gasteiger charge is 2.10. The van der Waals surface area contributed by atoms with Crippen molar-refractivity contribution in [3.63, 3.8) is 0 Å². The van der Waals surface area contributed by atoms with E-state index < -0.39 is 0 Å². The summed E-state index contributed by atoms with van der Waals surface area (Å²) in [6.07, 6.45) is 0.891. The summed E-state index contributed by atoms with van der Waals surface area (Å²) in [6.45, 7) is 4.30. The highest BCUT2D eigenvalue weighted by molar-refractivity contribution is 14.0. The van der Waals surface area contributed by atoms with Crippen LogP contribution in [0.5, 0.6) is 11.5 Å². The lowest BCUT2D eigenvalue weighted by Gasteiger charge is -2.14. The molecule has 5 nitrogen and oxygen atoms in total. The SMILES string of the molecule is CN=C(NCc1ccc(F)c(C)c1)NCc1ccc2c(c1)OCCCO2.I. The number of fused-ring (bicyclic) bond motifs is 1. The van der Waals surface area contributed by atoms with Gasteiger partial charge in [0.1, 0.15) is 5.82 Å². The first kappa shape index (κ1) is 21.3. The monoisotopic (exact) mass is 485 g/mol. The Morgan fingerprint density at radius 1 is 1.00 bits per heavy atom. The lowest BCUT2D eigenvalue weighted by molar-refractivity contribution is 0.297. The van der Waals surface area contributed by atoms with E-state index in [2.05, 4.69) is 15.6 Å². The van der Waals surface area contributed by atoms with Crippen molar-refractivity contribution in [3.8, 4) is 11.5 Å². The molecular formula is C20H25FIN3O2. The fourth-order valence-corrected chi connectivity index (χ4v) is 2.73. The van der Waals surface area contributed by atoms with Crippen LogP contribution in [0.3, 0.4) is 0 Å². The molecule has 2 aromatic rings. The van der Waals surface area contributed by atoms with Gasteiger partial charge in [0.2, 0.25) is 0 Å². The second kappa shape index (κ2) is 10.3. The number of ether oxygens (including phenoxy) is 2. The van der Waals surface area contributed by atoms with Crippen molar-refractivity contribution in [2.24, 2.45) is 4.99 Å². The van der Waals surface area contributed by atoms with E-state index in [1.165, 1.54) is 6.07 Å². The molecule has 2 N–H and O–H groups in total. The number of halogens is 2. The second-order valence-electron chi connectivity index (χ2n) is 6.19. The van der Waals surface area contributed by atoms with Gasteiger partial charge in [-0.15, -0.1) is 24.0 Å². The minimum Gasteiger partial charge on any atom is -0.490 e. The molecule has 0 aliphatic carbocycles. The van der Waals surface area contributed by atoms with Gasteiger partial charge in [0, 0.05) is 26.6 Å². The molecule has 0 saturated heterocycles. The van der Waals surface area contributed by atoms with Crippen LogP contribution < -0.4 is 20.1 Å². The molecule has 0 spiro atoms. The fraction of sp³-hybridized carbons (Fsp3) is 0.350. The summed E-state index contributed by atoms with van der Waals surface area (Å²) in [6, 6.07) is 11.0. The van der Waals surface area contributed by atoms with Gasteiger partial charge in [-0.05, 0) is 41.8 Å². The largest absolute Gasteiger partial charge is 0.490 e.